The fourth-order valence-electron chi connectivity index (χ4n) is 2.23. The molecule has 0 bridgehead atoms. The first-order chi connectivity index (χ1) is 9.08. The van der Waals surface area contributed by atoms with Gasteiger partial charge in [0.25, 0.3) is 0 Å². The van der Waals surface area contributed by atoms with Crippen LogP contribution in [0.15, 0.2) is 0 Å². The average Bonchev–Trinajstić information content (AvgIpc) is 2.83. The highest BCUT2D eigenvalue weighted by molar-refractivity contribution is 5.85. The molecule has 0 aromatic carbocycles. The first-order valence-electron chi connectivity index (χ1n) is 6.94. The van der Waals surface area contributed by atoms with E-state index in [1.807, 2.05) is 11.8 Å². The van der Waals surface area contributed by atoms with E-state index in [1.54, 1.807) is 7.05 Å². The molecule has 1 fully saturated rings. The molecule has 2 N–H and O–H groups in total. The SMILES string of the molecule is CCCNC(=O)CN(C)C(=O)CN1CCCC1CO. The van der Waals surface area contributed by atoms with Gasteiger partial charge in [-0.05, 0) is 25.8 Å². The maximum absolute atomic E-state index is 12.0. The largest absolute Gasteiger partial charge is 0.395 e. The normalized spacial score (nSPS) is 19.4. The van der Waals surface area contributed by atoms with E-state index >= 15 is 0 Å². The van der Waals surface area contributed by atoms with Crippen molar-refractivity contribution in [1.82, 2.24) is 15.1 Å². The van der Waals surface area contributed by atoms with Gasteiger partial charge in [-0.25, -0.2) is 0 Å². The van der Waals surface area contributed by atoms with E-state index in [2.05, 4.69) is 5.32 Å². The summed E-state index contributed by atoms with van der Waals surface area (Å²) in [7, 11) is 1.64. The van der Waals surface area contributed by atoms with Gasteiger partial charge in [0, 0.05) is 19.6 Å². The number of hydrogen-bond acceptors (Lipinski definition) is 4. The molecule has 0 saturated carbocycles. The Labute approximate surface area is 114 Å². The molecule has 19 heavy (non-hydrogen) atoms. The van der Waals surface area contributed by atoms with Crippen LogP contribution >= 0.6 is 0 Å². The first-order valence-corrected chi connectivity index (χ1v) is 6.94. The van der Waals surface area contributed by atoms with Crippen LogP contribution in [0.5, 0.6) is 0 Å². The van der Waals surface area contributed by atoms with Crippen LogP contribution in [0.3, 0.4) is 0 Å². The van der Waals surface area contributed by atoms with Gasteiger partial charge < -0.3 is 15.3 Å². The van der Waals surface area contributed by atoms with E-state index in [9.17, 15) is 14.7 Å². The predicted molar refractivity (Wildman–Crippen MR) is 72.6 cm³/mol. The van der Waals surface area contributed by atoms with Gasteiger partial charge in [0.2, 0.25) is 11.8 Å². The van der Waals surface area contributed by atoms with Crippen molar-refractivity contribution in [3.8, 4) is 0 Å². The molecule has 0 radical (unpaired) electrons. The summed E-state index contributed by atoms with van der Waals surface area (Å²) in [6.45, 7) is 3.93. The molecule has 1 rings (SSSR count). The Hall–Kier alpha value is -1.14. The molecule has 1 saturated heterocycles. The number of nitrogens with one attached hydrogen (secondary N) is 1. The molecule has 0 aliphatic carbocycles. The van der Waals surface area contributed by atoms with Crippen molar-refractivity contribution in [3.63, 3.8) is 0 Å². The van der Waals surface area contributed by atoms with Crippen molar-refractivity contribution >= 4 is 11.8 Å². The van der Waals surface area contributed by atoms with Crippen molar-refractivity contribution in [1.29, 1.82) is 0 Å². The number of likely N-dealkylation sites (N-methyl/N-ethyl adjacent to an activating group) is 1. The summed E-state index contributed by atoms with van der Waals surface area (Å²) in [6, 6.07) is 0.0891. The highest BCUT2D eigenvalue weighted by Gasteiger charge is 2.26. The molecular weight excluding hydrogens is 246 g/mol. The van der Waals surface area contributed by atoms with Gasteiger partial charge in [-0.1, -0.05) is 6.92 Å². The van der Waals surface area contributed by atoms with Crippen LogP contribution in [-0.2, 0) is 9.59 Å². The third-order valence-electron chi connectivity index (χ3n) is 3.43. The Morgan fingerprint density at radius 2 is 2.21 bits per heavy atom. The maximum Gasteiger partial charge on any atom is 0.239 e. The van der Waals surface area contributed by atoms with Gasteiger partial charge in [0.15, 0.2) is 0 Å². The zero-order valence-electron chi connectivity index (χ0n) is 11.9. The highest BCUT2D eigenvalue weighted by Crippen LogP contribution is 2.16. The molecule has 1 unspecified atom stereocenters. The van der Waals surface area contributed by atoms with Crippen molar-refractivity contribution in [2.45, 2.75) is 32.2 Å². The molecule has 1 atom stereocenters. The minimum absolute atomic E-state index is 0.0769. The van der Waals surface area contributed by atoms with Crippen LogP contribution in [0.25, 0.3) is 0 Å². The van der Waals surface area contributed by atoms with Gasteiger partial charge in [-0.2, -0.15) is 0 Å². The monoisotopic (exact) mass is 271 g/mol. The number of aliphatic hydroxyl groups excluding tert-OH is 1. The minimum atomic E-state index is -0.127. The minimum Gasteiger partial charge on any atom is -0.395 e. The smallest absolute Gasteiger partial charge is 0.239 e. The molecule has 110 valence electrons. The van der Waals surface area contributed by atoms with E-state index in [0.717, 1.165) is 25.8 Å². The summed E-state index contributed by atoms with van der Waals surface area (Å²) in [4.78, 5) is 26.9. The molecule has 0 spiro atoms. The van der Waals surface area contributed by atoms with Crippen molar-refractivity contribution in [3.05, 3.63) is 0 Å². The van der Waals surface area contributed by atoms with Crippen LogP contribution in [0.2, 0.25) is 0 Å². The van der Waals surface area contributed by atoms with E-state index in [1.165, 1.54) is 4.90 Å². The number of carbonyl (C=O) groups is 2. The van der Waals surface area contributed by atoms with Gasteiger partial charge >= 0.3 is 0 Å². The van der Waals surface area contributed by atoms with Gasteiger partial charge in [0.05, 0.1) is 19.7 Å². The molecule has 2 amide bonds. The first kappa shape index (κ1) is 15.9. The number of likely N-dealkylation sites (tertiary alicyclic amines) is 1. The fraction of sp³-hybridized carbons (Fsp3) is 0.846. The number of hydrogen-bond donors (Lipinski definition) is 2. The maximum atomic E-state index is 12.0. The van der Waals surface area contributed by atoms with Crippen LogP contribution in [0, 0.1) is 0 Å². The Morgan fingerprint density at radius 3 is 2.84 bits per heavy atom. The molecule has 6 heteroatoms. The lowest BCUT2D eigenvalue weighted by molar-refractivity contribution is -0.135. The highest BCUT2D eigenvalue weighted by atomic mass is 16.3. The lowest BCUT2D eigenvalue weighted by atomic mass is 10.2. The number of rotatable bonds is 7. The quantitative estimate of drug-likeness (QED) is 0.650. The zero-order valence-corrected chi connectivity index (χ0v) is 11.9. The zero-order chi connectivity index (χ0) is 14.3. The Kier molecular flexibility index (Phi) is 6.80. The van der Waals surface area contributed by atoms with E-state index in [-0.39, 0.29) is 37.6 Å². The van der Waals surface area contributed by atoms with Crippen molar-refractivity contribution < 1.29 is 14.7 Å². The number of aliphatic hydroxyl groups is 1. The van der Waals surface area contributed by atoms with Crippen LogP contribution in [0.1, 0.15) is 26.2 Å². The standard InChI is InChI=1S/C13H25N3O3/c1-3-6-14-12(18)8-15(2)13(19)9-16-7-4-5-11(16)10-17/h11,17H,3-10H2,1-2H3,(H,14,18). The average molecular weight is 271 g/mol. The van der Waals surface area contributed by atoms with Gasteiger partial charge in [0.1, 0.15) is 0 Å². The lowest BCUT2D eigenvalue weighted by Gasteiger charge is -2.25. The Balaban J connectivity index is 2.33. The van der Waals surface area contributed by atoms with E-state index in [4.69, 9.17) is 0 Å². The van der Waals surface area contributed by atoms with Crippen LogP contribution in [0.4, 0.5) is 0 Å². The van der Waals surface area contributed by atoms with Gasteiger partial charge in [-0.15, -0.1) is 0 Å². The summed E-state index contributed by atoms with van der Waals surface area (Å²) in [5.74, 6) is -0.204. The predicted octanol–water partition coefficient (Wildman–Crippen LogP) is -0.572. The van der Waals surface area contributed by atoms with Crippen LogP contribution < -0.4 is 5.32 Å². The Bertz CT molecular complexity index is 310. The second-order valence-corrected chi connectivity index (χ2v) is 5.05. The van der Waals surface area contributed by atoms with Gasteiger partial charge in [-0.3, -0.25) is 14.5 Å². The molecule has 0 aromatic heterocycles. The van der Waals surface area contributed by atoms with Crippen molar-refractivity contribution in [2.75, 3.05) is 39.8 Å². The molecule has 0 aromatic rings. The molecule has 1 heterocycles. The summed E-state index contributed by atoms with van der Waals surface area (Å²) in [5.41, 5.74) is 0. The summed E-state index contributed by atoms with van der Waals surface area (Å²) >= 11 is 0. The number of amides is 2. The lowest BCUT2D eigenvalue weighted by Crippen LogP contribution is -2.45. The van der Waals surface area contributed by atoms with Crippen molar-refractivity contribution in [2.24, 2.45) is 0 Å². The topological polar surface area (TPSA) is 72.9 Å². The van der Waals surface area contributed by atoms with E-state index < -0.39 is 0 Å². The second-order valence-electron chi connectivity index (χ2n) is 5.05. The summed E-state index contributed by atoms with van der Waals surface area (Å²) in [6.07, 6.45) is 2.83. The van der Waals surface area contributed by atoms with E-state index in [0.29, 0.717) is 6.54 Å². The fourth-order valence-corrected chi connectivity index (χ4v) is 2.23. The summed E-state index contributed by atoms with van der Waals surface area (Å²) in [5, 5.41) is 11.9. The molecule has 6 nitrogen and oxygen atoms in total. The Morgan fingerprint density at radius 1 is 1.47 bits per heavy atom. The van der Waals surface area contributed by atoms with Crippen LogP contribution in [-0.4, -0.2) is 72.6 Å². The molecule has 1 aliphatic heterocycles. The second kappa shape index (κ2) is 8.12. The third kappa shape index (κ3) is 5.16. The molecular formula is C13H25N3O3. The summed E-state index contributed by atoms with van der Waals surface area (Å²) < 4.78 is 0. The number of nitrogens with zero attached hydrogens (tertiary/aromatic N) is 2. The molecule has 1 aliphatic rings. The number of carbonyl (C=O) groups excluding carboxylic acids is 2. The third-order valence-corrected chi connectivity index (χ3v) is 3.43.